The minimum Gasteiger partial charge on any atom is -0.481 e. The van der Waals surface area contributed by atoms with Crippen molar-refractivity contribution in [3.8, 4) is 5.75 Å². The van der Waals surface area contributed by atoms with Crippen LogP contribution in [-0.4, -0.2) is 35.0 Å². The van der Waals surface area contributed by atoms with E-state index in [0.29, 0.717) is 10.9 Å². The van der Waals surface area contributed by atoms with Crippen molar-refractivity contribution in [3.05, 3.63) is 41.4 Å². The molecule has 0 aliphatic carbocycles. The van der Waals surface area contributed by atoms with Crippen molar-refractivity contribution in [3.63, 3.8) is 0 Å². The Morgan fingerprint density at radius 1 is 1.29 bits per heavy atom. The summed E-state index contributed by atoms with van der Waals surface area (Å²) < 4.78 is 5.63. The number of para-hydroxylation sites is 1. The molecule has 6 heteroatoms. The van der Waals surface area contributed by atoms with Gasteiger partial charge in [0.2, 0.25) is 0 Å². The highest BCUT2D eigenvalue weighted by Crippen LogP contribution is 2.19. The molecular weight excluding hydrogens is 322 g/mol. The largest absolute Gasteiger partial charge is 0.481 e. The van der Waals surface area contributed by atoms with Crippen LogP contribution in [0.1, 0.15) is 31.9 Å². The summed E-state index contributed by atoms with van der Waals surface area (Å²) in [6.45, 7) is 4.88. The Kier molecular flexibility index (Phi) is 5.82. The van der Waals surface area contributed by atoms with Crippen molar-refractivity contribution in [2.24, 2.45) is 0 Å². The minimum absolute atomic E-state index is 0.183. The molecule has 1 amide bonds. The summed E-state index contributed by atoms with van der Waals surface area (Å²) in [6.07, 6.45) is 3.29. The lowest BCUT2D eigenvalue weighted by Crippen LogP contribution is -2.30. The number of nitrogens with one attached hydrogen (secondary N) is 1. The van der Waals surface area contributed by atoms with Crippen molar-refractivity contribution in [2.75, 3.05) is 18.4 Å². The smallest absolute Gasteiger partial charge is 0.266 e. The van der Waals surface area contributed by atoms with Gasteiger partial charge in [-0.15, -0.1) is 11.3 Å². The van der Waals surface area contributed by atoms with Crippen LogP contribution in [0.5, 0.6) is 5.75 Å². The predicted octanol–water partition coefficient (Wildman–Crippen LogP) is 3.54. The number of hydrogen-bond acceptors (Lipinski definition) is 5. The third kappa shape index (κ3) is 4.79. The van der Waals surface area contributed by atoms with Gasteiger partial charge in [0.1, 0.15) is 5.75 Å². The second-order valence-corrected chi connectivity index (χ2v) is 6.90. The van der Waals surface area contributed by atoms with Crippen molar-refractivity contribution in [2.45, 2.75) is 38.8 Å². The van der Waals surface area contributed by atoms with E-state index in [1.807, 2.05) is 35.7 Å². The number of aromatic nitrogens is 1. The molecule has 2 aromatic rings. The SMILES string of the molecule is CC(Oc1ccccc1)C(=O)Nc1nc(CN2CCCCC2)cs1. The molecule has 128 valence electrons. The number of rotatable bonds is 6. The van der Waals surface area contributed by atoms with E-state index in [0.717, 1.165) is 25.3 Å². The quantitative estimate of drug-likeness (QED) is 0.870. The van der Waals surface area contributed by atoms with Gasteiger partial charge in [0.15, 0.2) is 11.2 Å². The molecule has 1 aliphatic rings. The number of thiazole rings is 1. The van der Waals surface area contributed by atoms with Crippen LogP contribution in [0.4, 0.5) is 5.13 Å². The molecule has 1 fully saturated rings. The highest BCUT2D eigenvalue weighted by molar-refractivity contribution is 7.13. The Labute approximate surface area is 146 Å². The average Bonchev–Trinajstić information content (AvgIpc) is 3.03. The van der Waals surface area contributed by atoms with Crippen molar-refractivity contribution >= 4 is 22.4 Å². The number of likely N-dealkylation sites (tertiary alicyclic amines) is 1. The predicted molar refractivity (Wildman–Crippen MR) is 96.4 cm³/mol. The summed E-state index contributed by atoms with van der Waals surface area (Å²) in [7, 11) is 0. The first-order valence-electron chi connectivity index (χ1n) is 8.40. The molecule has 0 saturated carbocycles. The van der Waals surface area contributed by atoms with Crippen LogP contribution in [0.25, 0.3) is 0 Å². The summed E-state index contributed by atoms with van der Waals surface area (Å²) in [6, 6.07) is 9.35. The number of nitrogens with zero attached hydrogens (tertiary/aromatic N) is 2. The Morgan fingerprint density at radius 2 is 2.04 bits per heavy atom. The summed E-state index contributed by atoms with van der Waals surface area (Å²) in [5.41, 5.74) is 1.02. The first-order valence-corrected chi connectivity index (χ1v) is 9.28. The van der Waals surface area contributed by atoms with Gasteiger partial charge in [-0.05, 0) is 45.0 Å². The molecule has 2 heterocycles. The summed E-state index contributed by atoms with van der Waals surface area (Å²) in [5.74, 6) is 0.503. The van der Waals surface area contributed by atoms with Crippen LogP contribution in [0.15, 0.2) is 35.7 Å². The monoisotopic (exact) mass is 345 g/mol. The number of carbonyl (C=O) groups excluding carboxylic acids is 1. The average molecular weight is 345 g/mol. The summed E-state index contributed by atoms with van der Waals surface area (Å²) in [4.78, 5) is 19.2. The van der Waals surface area contributed by atoms with Crippen LogP contribution in [-0.2, 0) is 11.3 Å². The van der Waals surface area contributed by atoms with Crippen LogP contribution >= 0.6 is 11.3 Å². The fourth-order valence-electron chi connectivity index (χ4n) is 2.75. The van der Waals surface area contributed by atoms with E-state index in [9.17, 15) is 4.79 Å². The third-order valence-corrected chi connectivity index (χ3v) is 4.85. The van der Waals surface area contributed by atoms with Gasteiger partial charge in [0.25, 0.3) is 5.91 Å². The number of piperidine rings is 1. The number of anilines is 1. The molecule has 0 spiro atoms. The standard InChI is InChI=1S/C18H23N3O2S/c1-14(23-16-8-4-2-5-9-16)17(22)20-18-19-15(13-24-18)12-21-10-6-3-7-11-21/h2,4-5,8-9,13-14H,3,6-7,10-12H2,1H3,(H,19,20,22). The Hall–Kier alpha value is -1.92. The lowest BCUT2D eigenvalue weighted by atomic mass is 10.1. The first-order chi connectivity index (χ1) is 11.7. The van der Waals surface area contributed by atoms with Gasteiger partial charge in [0, 0.05) is 11.9 Å². The number of carbonyl (C=O) groups is 1. The highest BCUT2D eigenvalue weighted by Gasteiger charge is 2.17. The van der Waals surface area contributed by atoms with Gasteiger partial charge in [-0.2, -0.15) is 0 Å². The van der Waals surface area contributed by atoms with Crippen molar-refractivity contribution in [1.82, 2.24) is 9.88 Å². The summed E-state index contributed by atoms with van der Waals surface area (Å²) in [5, 5.41) is 5.50. The number of ether oxygens (including phenoxy) is 1. The van der Waals surface area contributed by atoms with E-state index in [2.05, 4.69) is 15.2 Å². The van der Waals surface area contributed by atoms with Gasteiger partial charge in [-0.3, -0.25) is 15.0 Å². The third-order valence-electron chi connectivity index (χ3n) is 4.04. The van der Waals surface area contributed by atoms with E-state index < -0.39 is 6.10 Å². The zero-order chi connectivity index (χ0) is 16.8. The van der Waals surface area contributed by atoms with E-state index in [1.165, 1.54) is 30.6 Å². The second kappa shape index (κ2) is 8.26. The number of amides is 1. The van der Waals surface area contributed by atoms with Crippen LogP contribution in [0, 0.1) is 0 Å². The maximum Gasteiger partial charge on any atom is 0.266 e. The van der Waals surface area contributed by atoms with Crippen molar-refractivity contribution < 1.29 is 9.53 Å². The normalized spacial score (nSPS) is 16.5. The molecule has 3 rings (SSSR count). The van der Waals surface area contributed by atoms with Gasteiger partial charge >= 0.3 is 0 Å². The molecule has 1 aromatic heterocycles. The lowest BCUT2D eigenvalue weighted by molar-refractivity contribution is -0.122. The van der Waals surface area contributed by atoms with E-state index in [4.69, 9.17) is 4.74 Å². The fourth-order valence-corrected chi connectivity index (χ4v) is 3.45. The molecule has 1 N–H and O–H groups in total. The number of hydrogen-bond donors (Lipinski definition) is 1. The Bertz CT molecular complexity index is 653. The van der Waals surface area contributed by atoms with E-state index in [1.54, 1.807) is 6.92 Å². The zero-order valence-corrected chi connectivity index (χ0v) is 14.7. The van der Waals surface area contributed by atoms with Crippen molar-refractivity contribution in [1.29, 1.82) is 0 Å². The van der Waals surface area contributed by atoms with Gasteiger partial charge in [0.05, 0.1) is 5.69 Å². The Morgan fingerprint density at radius 3 is 2.79 bits per heavy atom. The molecule has 1 aromatic carbocycles. The molecule has 1 saturated heterocycles. The maximum absolute atomic E-state index is 12.2. The molecule has 5 nitrogen and oxygen atoms in total. The van der Waals surface area contributed by atoms with Crippen LogP contribution < -0.4 is 10.1 Å². The Balaban J connectivity index is 1.51. The molecule has 1 unspecified atom stereocenters. The lowest BCUT2D eigenvalue weighted by Gasteiger charge is -2.25. The molecular formula is C18H23N3O2S. The van der Waals surface area contributed by atoms with E-state index in [-0.39, 0.29) is 5.91 Å². The van der Waals surface area contributed by atoms with Gasteiger partial charge < -0.3 is 4.74 Å². The summed E-state index contributed by atoms with van der Waals surface area (Å²) >= 11 is 1.46. The zero-order valence-electron chi connectivity index (χ0n) is 13.9. The molecule has 1 atom stereocenters. The molecule has 0 bridgehead atoms. The van der Waals surface area contributed by atoms with Crippen LogP contribution in [0.2, 0.25) is 0 Å². The minimum atomic E-state index is -0.568. The maximum atomic E-state index is 12.2. The number of benzene rings is 1. The topological polar surface area (TPSA) is 54.5 Å². The fraction of sp³-hybridized carbons (Fsp3) is 0.444. The van der Waals surface area contributed by atoms with E-state index >= 15 is 0 Å². The molecule has 0 radical (unpaired) electrons. The van der Waals surface area contributed by atoms with Crippen LogP contribution in [0.3, 0.4) is 0 Å². The van der Waals surface area contributed by atoms with Gasteiger partial charge in [-0.1, -0.05) is 24.6 Å². The molecule has 24 heavy (non-hydrogen) atoms. The first kappa shape index (κ1) is 16.9. The van der Waals surface area contributed by atoms with Gasteiger partial charge in [-0.25, -0.2) is 4.98 Å². The second-order valence-electron chi connectivity index (χ2n) is 6.04. The highest BCUT2D eigenvalue weighted by atomic mass is 32.1. The molecule has 1 aliphatic heterocycles.